The van der Waals surface area contributed by atoms with Gasteiger partial charge in [0.15, 0.2) is 0 Å². The maximum atomic E-state index is 13.7. The third-order valence-electron chi connectivity index (χ3n) is 5.36. The van der Waals surface area contributed by atoms with E-state index in [1.165, 1.54) is 17.7 Å². The van der Waals surface area contributed by atoms with E-state index in [0.717, 1.165) is 36.3 Å². The van der Waals surface area contributed by atoms with Gasteiger partial charge >= 0.3 is 6.18 Å². The van der Waals surface area contributed by atoms with E-state index in [1.807, 2.05) is 42.5 Å². The minimum absolute atomic E-state index is 0.565. The zero-order chi connectivity index (χ0) is 20.6. The van der Waals surface area contributed by atoms with Crippen molar-refractivity contribution < 1.29 is 13.2 Å². The molecular formula is C24H23F3N2. The van der Waals surface area contributed by atoms with Crippen LogP contribution in [0.4, 0.5) is 30.2 Å². The summed E-state index contributed by atoms with van der Waals surface area (Å²) in [7, 11) is 3.59. The van der Waals surface area contributed by atoms with Crippen molar-refractivity contribution in [2.24, 2.45) is 0 Å². The van der Waals surface area contributed by atoms with Gasteiger partial charge < -0.3 is 9.80 Å². The highest BCUT2D eigenvalue weighted by atomic mass is 19.4. The van der Waals surface area contributed by atoms with Crippen molar-refractivity contribution in [3.63, 3.8) is 0 Å². The van der Waals surface area contributed by atoms with Crippen LogP contribution in [0.15, 0.2) is 66.7 Å². The maximum Gasteiger partial charge on any atom is 0.416 e. The monoisotopic (exact) mass is 396 g/mol. The number of aryl methyl sites for hydroxylation is 1. The molecule has 0 aliphatic carbocycles. The molecule has 5 heteroatoms. The summed E-state index contributed by atoms with van der Waals surface area (Å²) in [5.41, 5.74) is 4.42. The summed E-state index contributed by atoms with van der Waals surface area (Å²) in [6.07, 6.45) is -2.48. The minimum Gasteiger partial charge on any atom is -0.376 e. The fraction of sp³-hybridized carbons (Fsp3) is 0.250. The number of alkyl halides is 3. The Labute approximate surface area is 169 Å². The van der Waals surface area contributed by atoms with Gasteiger partial charge in [0.1, 0.15) is 0 Å². The first-order chi connectivity index (χ1) is 13.9. The van der Waals surface area contributed by atoms with Gasteiger partial charge in [-0.25, -0.2) is 0 Å². The zero-order valence-corrected chi connectivity index (χ0v) is 16.5. The molecule has 0 saturated carbocycles. The predicted molar refractivity (Wildman–Crippen MR) is 113 cm³/mol. The number of hydrogen-bond acceptors (Lipinski definition) is 2. The summed E-state index contributed by atoms with van der Waals surface area (Å²) in [6.45, 7) is 0.767. The number of para-hydroxylation sites is 1. The fourth-order valence-corrected chi connectivity index (χ4v) is 4.01. The van der Waals surface area contributed by atoms with E-state index in [-0.39, 0.29) is 0 Å². The second-order valence-electron chi connectivity index (χ2n) is 7.53. The van der Waals surface area contributed by atoms with Crippen molar-refractivity contribution in [2.45, 2.75) is 19.0 Å². The molecule has 3 aromatic rings. The van der Waals surface area contributed by atoms with E-state index >= 15 is 0 Å². The van der Waals surface area contributed by atoms with Crippen molar-refractivity contribution in [3.8, 4) is 11.1 Å². The van der Waals surface area contributed by atoms with Crippen LogP contribution in [0.2, 0.25) is 0 Å². The molecule has 0 amide bonds. The van der Waals surface area contributed by atoms with Crippen LogP contribution in [-0.4, -0.2) is 20.6 Å². The van der Waals surface area contributed by atoms with Gasteiger partial charge in [-0.1, -0.05) is 48.5 Å². The number of rotatable bonds is 3. The molecule has 1 aliphatic heterocycles. The smallest absolute Gasteiger partial charge is 0.376 e. The van der Waals surface area contributed by atoms with Gasteiger partial charge in [0.25, 0.3) is 0 Å². The fourth-order valence-electron chi connectivity index (χ4n) is 4.01. The Kier molecular flexibility index (Phi) is 4.99. The van der Waals surface area contributed by atoms with E-state index in [0.29, 0.717) is 11.3 Å². The van der Waals surface area contributed by atoms with Gasteiger partial charge in [-0.2, -0.15) is 13.2 Å². The lowest BCUT2D eigenvalue weighted by Crippen LogP contribution is -2.27. The van der Waals surface area contributed by atoms with Gasteiger partial charge in [-0.3, -0.25) is 0 Å². The lowest BCUT2D eigenvalue weighted by atomic mass is 9.94. The van der Waals surface area contributed by atoms with E-state index in [1.54, 1.807) is 19.0 Å². The lowest BCUT2D eigenvalue weighted by Gasteiger charge is -2.36. The molecule has 0 aromatic heterocycles. The van der Waals surface area contributed by atoms with Crippen molar-refractivity contribution in [1.82, 2.24) is 0 Å². The van der Waals surface area contributed by atoms with E-state index < -0.39 is 11.7 Å². The first-order valence-electron chi connectivity index (χ1n) is 9.69. The van der Waals surface area contributed by atoms with Gasteiger partial charge in [-0.15, -0.1) is 0 Å². The highest BCUT2D eigenvalue weighted by Crippen LogP contribution is 2.47. The molecular weight excluding hydrogens is 373 g/mol. The van der Waals surface area contributed by atoms with Crippen LogP contribution >= 0.6 is 0 Å². The largest absolute Gasteiger partial charge is 0.416 e. The van der Waals surface area contributed by atoms with E-state index in [2.05, 4.69) is 17.0 Å². The molecule has 1 aliphatic rings. The molecule has 0 N–H and O–H groups in total. The van der Waals surface area contributed by atoms with Gasteiger partial charge in [0.05, 0.1) is 16.9 Å². The van der Waals surface area contributed by atoms with Crippen molar-refractivity contribution in [3.05, 3.63) is 77.9 Å². The van der Waals surface area contributed by atoms with E-state index in [9.17, 15) is 13.2 Å². The second kappa shape index (κ2) is 7.47. The molecule has 0 spiro atoms. The molecule has 0 atom stereocenters. The molecule has 2 nitrogen and oxygen atoms in total. The lowest BCUT2D eigenvalue weighted by molar-refractivity contribution is -0.137. The van der Waals surface area contributed by atoms with Crippen LogP contribution < -0.4 is 9.80 Å². The number of benzene rings is 3. The summed E-state index contributed by atoms with van der Waals surface area (Å²) < 4.78 is 41.1. The number of hydrogen-bond donors (Lipinski definition) is 0. The van der Waals surface area contributed by atoms with Crippen molar-refractivity contribution >= 4 is 17.1 Å². The summed E-state index contributed by atoms with van der Waals surface area (Å²) in [4.78, 5) is 3.95. The quantitative estimate of drug-likeness (QED) is 0.497. The highest BCUT2D eigenvalue weighted by Gasteiger charge is 2.34. The summed E-state index contributed by atoms with van der Waals surface area (Å²) in [5.74, 6) is 0. The van der Waals surface area contributed by atoms with Crippen LogP contribution in [0.25, 0.3) is 11.1 Å². The number of anilines is 3. The number of nitrogens with zero attached hydrogens (tertiary/aromatic N) is 2. The molecule has 0 fully saturated rings. The Morgan fingerprint density at radius 2 is 1.59 bits per heavy atom. The Bertz CT molecular complexity index is 1010. The maximum absolute atomic E-state index is 13.7. The molecule has 1 heterocycles. The van der Waals surface area contributed by atoms with Gasteiger partial charge in [0, 0.05) is 31.9 Å². The standard InChI is InChI=1S/C24H23F3N2/c1-28(2)22-16-19(24(25,26)27)15-20(17-9-4-3-5-10-17)23(22)29-14-8-12-18-11-6-7-13-21(18)29/h3-7,9-11,13,15-16H,8,12,14H2,1-2H3. The Morgan fingerprint density at radius 3 is 2.28 bits per heavy atom. The first kappa shape index (κ1) is 19.4. The third kappa shape index (κ3) is 3.69. The molecule has 0 unspecified atom stereocenters. The van der Waals surface area contributed by atoms with Crippen LogP contribution in [0.3, 0.4) is 0 Å². The average Bonchev–Trinajstić information content (AvgIpc) is 2.72. The van der Waals surface area contributed by atoms with Crippen LogP contribution in [0.1, 0.15) is 17.5 Å². The second-order valence-corrected chi connectivity index (χ2v) is 7.53. The highest BCUT2D eigenvalue weighted by molar-refractivity contribution is 5.93. The summed E-state index contributed by atoms with van der Waals surface area (Å²) >= 11 is 0. The molecule has 0 bridgehead atoms. The van der Waals surface area contributed by atoms with E-state index in [4.69, 9.17) is 0 Å². The normalized spacial score (nSPS) is 13.9. The summed E-state index contributed by atoms with van der Waals surface area (Å²) in [5, 5.41) is 0. The Morgan fingerprint density at radius 1 is 0.897 bits per heavy atom. The molecule has 4 rings (SSSR count). The zero-order valence-electron chi connectivity index (χ0n) is 16.5. The molecule has 3 aromatic carbocycles. The molecule has 0 saturated heterocycles. The molecule has 0 radical (unpaired) electrons. The summed E-state index contributed by atoms with van der Waals surface area (Å²) in [6, 6.07) is 20.0. The average molecular weight is 396 g/mol. The minimum atomic E-state index is -4.41. The van der Waals surface area contributed by atoms with Crippen LogP contribution in [0.5, 0.6) is 0 Å². The number of halogens is 3. The first-order valence-corrected chi connectivity index (χ1v) is 9.69. The topological polar surface area (TPSA) is 6.48 Å². The molecule has 150 valence electrons. The van der Waals surface area contributed by atoms with Gasteiger partial charge in [-0.05, 0) is 42.2 Å². The van der Waals surface area contributed by atoms with Crippen molar-refractivity contribution in [2.75, 3.05) is 30.4 Å². The third-order valence-corrected chi connectivity index (χ3v) is 5.36. The van der Waals surface area contributed by atoms with Crippen LogP contribution in [-0.2, 0) is 12.6 Å². The predicted octanol–water partition coefficient (Wildman–Crippen LogP) is 6.52. The van der Waals surface area contributed by atoms with Crippen LogP contribution in [0, 0.1) is 0 Å². The van der Waals surface area contributed by atoms with Crippen molar-refractivity contribution in [1.29, 1.82) is 0 Å². The Hall–Kier alpha value is -2.95. The van der Waals surface area contributed by atoms with Gasteiger partial charge in [0.2, 0.25) is 0 Å². The number of fused-ring (bicyclic) bond motifs is 1. The Balaban J connectivity index is 2.03. The SMILES string of the molecule is CN(C)c1cc(C(F)(F)F)cc(-c2ccccc2)c1N1CCCc2ccccc21. The molecule has 29 heavy (non-hydrogen) atoms.